The predicted octanol–water partition coefficient (Wildman–Crippen LogP) is 8.53. The van der Waals surface area contributed by atoms with Crippen LogP contribution in [0.5, 0.6) is 11.5 Å². The third-order valence-electron chi connectivity index (χ3n) is 7.15. The molecule has 1 heterocycles. The number of ether oxygens (including phenoxy) is 1. The van der Waals surface area contributed by atoms with E-state index in [0.29, 0.717) is 19.6 Å². The number of benzene rings is 4. The zero-order chi connectivity index (χ0) is 29.3. The van der Waals surface area contributed by atoms with Gasteiger partial charge in [0, 0.05) is 37.3 Å². The molecule has 0 aliphatic carbocycles. The summed E-state index contributed by atoms with van der Waals surface area (Å²) in [6, 6.07) is 35.3. The second-order valence-electron chi connectivity index (χ2n) is 10.3. The van der Waals surface area contributed by atoms with E-state index in [-0.39, 0.29) is 11.5 Å². The van der Waals surface area contributed by atoms with Crippen molar-refractivity contribution >= 4 is 0 Å². The largest absolute Gasteiger partial charge is 0.504 e. The van der Waals surface area contributed by atoms with Gasteiger partial charge in [0.05, 0.1) is 11.4 Å². The molecule has 216 valence electrons. The number of halogens is 2. The van der Waals surface area contributed by atoms with Gasteiger partial charge < -0.3 is 14.4 Å². The molecule has 0 amide bonds. The summed E-state index contributed by atoms with van der Waals surface area (Å²) in [6.45, 7) is 1.71. The minimum atomic E-state index is -3.00. The van der Waals surface area contributed by atoms with Crippen molar-refractivity contribution in [2.24, 2.45) is 0 Å². The van der Waals surface area contributed by atoms with Crippen LogP contribution in [0.2, 0.25) is 0 Å². The minimum Gasteiger partial charge on any atom is -0.504 e. The molecule has 5 nitrogen and oxygen atoms in total. The Morgan fingerprint density at radius 1 is 0.786 bits per heavy atom. The summed E-state index contributed by atoms with van der Waals surface area (Å²) in [7, 11) is 0. The van der Waals surface area contributed by atoms with Crippen molar-refractivity contribution in [1.29, 1.82) is 0 Å². The maximum absolute atomic E-state index is 12.8. The fraction of sp³-hybridized carbons (Fsp3) is 0.229. The van der Waals surface area contributed by atoms with Crippen molar-refractivity contribution in [1.82, 2.24) is 14.5 Å². The molecule has 0 atom stereocenters. The Balaban J connectivity index is 1.58. The zero-order valence-electron chi connectivity index (χ0n) is 23.7. The van der Waals surface area contributed by atoms with E-state index < -0.39 is 6.61 Å². The van der Waals surface area contributed by atoms with Crippen molar-refractivity contribution in [2.45, 2.75) is 52.6 Å². The first-order valence-electron chi connectivity index (χ1n) is 14.2. The first-order valence-corrected chi connectivity index (χ1v) is 14.2. The number of hydrogen-bond acceptors (Lipinski definition) is 4. The topological polar surface area (TPSA) is 50.5 Å². The van der Waals surface area contributed by atoms with Crippen molar-refractivity contribution in [3.8, 4) is 34.1 Å². The number of imidazole rings is 1. The van der Waals surface area contributed by atoms with Gasteiger partial charge in [-0.15, -0.1) is 0 Å². The van der Waals surface area contributed by atoms with Gasteiger partial charge in [-0.3, -0.25) is 4.90 Å². The first kappa shape index (κ1) is 29.0. The summed E-state index contributed by atoms with van der Waals surface area (Å²) >= 11 is 0. The van der Waals surface area contributed by atoms with Crippen molar-refractivity contribution in [3.05, 3.63) is 126 Å². The molecule has 1 aromatic heterocycles. The third-order valence-corrected chi connectivity index (χ3v) is 7.15. The van der Waals surface area contributed by atoms with Crippen LogP contribution in [0.4, 0.5) is 8.78 Å². The molecule has 5 aromatic rings. The number of phenolic OH excluding ortho intramolecular Hbond substituents is 1. The minimum absolute atomic E-state index is 0.236. The van der Waals surface area contributed by atoms with E-state index in [1.807, 2.05) is 54.6 Å². The number of unbranched alkanes of at least 4 members (excludes halogenated alkanes) is 1. The molecule has 0 aliphatic rings. The lowest BCUT2D eigenvalue weighted by molar-refractivity contribution is -0.0512. The standard InChI is InChI=1S/C35H35F2N3O2/c1-2-3-21-40-30(33(28-15-9-5-10-16-28)38-34(40)29-17-11-6-12-18-29)25-39(23-26-13-7-4-8-14-26)24-27-19-20-32(31(41)22-27)42-35(36)37/h4-20,22,35,41H,2-3,21,23-25H2,1H3. The van der Waals surface area contributed by atoms with Gasteiger partial charge in [-0.05, 0) is 29.7 Å². The summed E-state index contributed by atoms with van der Waals surface area (Å²) in [5.74, 6) is 0.389. The van der Waals surface area contributed by atoms with Crippen LogP contribution in [0, 0.1) is 0 Å². The molecule has 0 unspecified atom stereocenters. The molecule has 7 heteroatoms. The number of nitrogens with zero attached hydrogens (tertiary/aromatic N) is 3. The maximum atomic E-state index is 12.8. The lowest BCUT2D eigenvalue weighted by Crippen LogP contribution is -2.24. The van der Waals surface area contributed by atoms with Crippen molar-refractivity contribution in [3.63, 3.8) is 0 Å². The highest BCUT2D eigenvalue weighted by Crippen LogP contribution is 2.33. The second-order valence-corrected chi connectivity index (χ2v) is 10.3. The van der Waals surface area contributed by atoms with Gasteiger partial charge in [0.1, 0.15) is 5.82 Å². The SMILES string of the molecule is CCCCn1c(-c2ccccc2)nc(-c2ccccc2)c1CN(Cc1ccccc1)Cc1ccc(OC(F)F)c(O)c1. The van der Waals surface area contributed by atoms with Gasteiger partial charge in [0.15, 0.2) is 11.5 Å². The Morgan fingerprint density at radius 2 is 1.40 bits per heavy atom. The summed E-state index contributed by atoms with van der Waals surface area (Å²) in [5, 5.41) is 10.4. The Morgan fingerprint density at radius 3 is 2.02 bits per heavy atom. The van der Waals surface area contributed by atoms with Gasteiger partial charge in [-0.25, -0.2) is 4.98 Å². The molecule has 0 saturated heterocycles. The number of rotatable bonds is 13. The molecule has 42 heavy (non-hydrogen) atoms. The molecule has 0 radical (unpaired) electrons. The van der Waals surface area contributed by atoms with Crippen LogP contribution in [0.3, 0.4) is 0 Å². The molecule has 0 aliphatic heterocycles. The number of phenols is 1. The van der Waals surface area contributed by atoms with Crippen molar-refractivity contribution in [2.75, 3.05) is 0 Å². The van der Waals surface area contributed by atoms with Gasteiger partial charge >= 0.3 is 6.61 Å². The van der Waals surface area contributed by atoms with E-state index in [9.17, 15) is 13.9 Å². The Bertz CT molecular complexity index is 1560. The van der Waals surface area contributed by atoms with Crippen LogP contribution in [-0.2, 0) is 26.2 Å². The zero-order valence-corrected chi connectivity index (χ0v) is 23.7. The van der Waals surface area contributed by atoms with Crippen LogP contribution >= 0.6 is 0 Å². The van der Waals surface area contributed by atoms with Gasteiger partial charge in [-0.2, -0.15) is 8.78 Å². The molecule has 0 spiro atoms. The highest BCUT2D eigenvalue weighted by Gasteiger charge is 2.22. The number of hydrogen-bond donors (Lipinski definition) is 1. The normalized spacial score (nSPS) is 11.4. The molecule has 1 N–H and O–H groups in total. The predicted molar refractivity (Wildman–Crippen MR) is 162 cm³/mol. The molecule has 0 fully saturated rings. The fourth-order valence-electron chi connectivity index (χ4n) is 5.17. The van der Waals surface area contributed by atoms with Crippen molar-refractivity contribution < 1.29 is 18.6 Å². The van der Waals surface area contributed by atoms with E-state index in [2.05, 4.69) is 57.5 Å². The fourth-order valence-corrected chi connectivity index (χ4v) is 5.17. The van der Waals surface area contributed by atoms with Gasteiger partial charge in [0.2, 0.25) is 0 Å². The first-order chi connectivity index (χ1) is 20.5. The van der Waals surface area contributed by atoms with Crippen LogP contribution in [-0.4, -0.2) is 26.2 Å². The molecular formula is C35H35F2N3O2. The van der Waals surface area contributed by atoms with E-state index in [0.717, 1.165) is 58.9 Å². The summed E-state index contributed by atoms with van der Waals surface area (Å²) in [6.07, 6.45) is 2.06. The number of aromatic nitrogens is 2. The summed E-state index contributed by atoms with van der Waals surface area (Å²) < 4.78 is 32.3. The Labute approximate surface area is 245 Å². The van der Waals surface area contributed by atoms with E-state index in [4.69, 9.17) is 4.98 Å². The number of aromatic hydroxyl groups is 1. The average Bonchev–Trinajstić information content (AvgIpc) is 3.36. The Kier molecular flexibility index (Phi) is 9.62. The van der Waals surface area contributed by atoms with Crippen LogP contribution in [0.25, 0.3) is 22.6 Å². The van der Waals surface area contributed by atoms with Gasteiger partial charge in [0.25, 0.3) is 0 Å². The van der Waals surface area contributed by atoms with E-state index in [1.54, 1.807) is 6.07 Å². The van der Waals surface area contributed by atoms with Crippen LogP contribution < -0.4 is 4.74 Å². The average molecular weight is 568 g/mol. The monoisotopic (exact) mass is 567 g/mol. The molecular weight excluding hydrogens is 532 g/mol. The smallest absolute Gasteiger partial charge is 0.387 e. The highest BCUT2D eigenvalue weighted by atomic mass is 19.3. The lowest BCUT2D eigenvalue weighted by Gasteiger charge is -2.25. The molecule has 5 rings (SSSR count). The maximum Gasteiger partial charge on any atom is 0.387 e. The number of alkyl halides is 2. The molecule has 4 aromatic carbocycles. The summed E-state index contributed by atoms with van der Waals surface area (Å²) in [4.78, 5) is 7.52. The molecule has 0 bridgehead atoms. The lowest BCUT2D eigenvalue weighted by atomic mass is 10.1. The Hall–Kier alpha value is -4.49. The summed E-state index contributed by atoms with van der Waals surface area (Å²) in [5.41, 5.74) is 6.08. The van der Waals surface area contributed by atoms with E-state index >= 15 is 0 Å². The van der Waals surface area contributed by atoms with E-state index in [1.165, 1.54) is 12.1 Å². The quantitative estimate of drug-likeness (QED) is 0.155. The third kappa shape index (κ3) is 7.22. The second kappa shape index (κ2) is 13.9. The van der Waals surface area contributed by atoms with Gasteiger partial charge in [-0.1, -0.05) is 110 Å². The highest BCUT2D eigenvalue weighted by molar-refractivity contribution is 5.68. The van der Waals surface area contributed by atoms with Crippen LogP contribution in [0.15, 0.2) is 109 Å². The van der Waals surface area contributed by atoms with Crippen LogP contribution in [0.1, 0.15) is 36.6 Å². The molecule has 0 saturated carbocycles.